The van der Waals surface area contributed by atoms with Gasteiger partial charge in [0.05, 0.1) is 18.8 Å². The number of carboxylic acid groups (broad SMARTS) is 1. The van der Waals surface area contributed by atoms with Crippen molar-refractivity contribution in [1.82, 2.24) is 10.3 Å². The number of aryl methyl sites for hydroxylation is 1. The van der Waals surface area contributed by atoms with Gasteiger partial charge in [-0.3, -0.25) is 9.63 Å². The van der Waals surface area contributed by atoms with E-state index in [9.17, 15) is 0 Å². The number of halogens is 1. The number of hydrogen-bond donors (Lipinski definition) is 4. The fourth-order valence-corrected chi connectivity index (χ4v) is 5.65. The lowest BCUT2D eigenvalue weighted by atomic mass is 9.91. The molecule has 5 N–H and O–H groups in total. The average Bonchev–Trinajstić information content (AvgIpc) is 3.79. The van der Waals surface area contributed by atoms with Gasteiger partial charge in [-0.15, -0.1) is 0 Å². The number of aromatic amines is 1. The number of nitrogens with two attached hydrogens (primary N) is 1. The fraction of sp³-hybridized carbons (Fsp3) is 0.382. The van der Waals surface area contributed by atoms with Crippen molar-refractivity contribution in [3.63, 3.8) is 0 Å². The molecule has 1 saturated carbocycles. The number of nitrogens with zero attached hydrogens (tertiary/aromatic N) is 1. The van der Waals surface area contributed by atoms with Crippen LogP contribution in [0.2, 0.25) is 5.02 Å². The number of anilines is 1. The molecule has 0 radical (unpaired) electrons. The minimum absolute atomic E-state index is 0.0471. The van der Waals surface area contributed by atoms with Gasteiger partial charge in [-0.2, -0.15) is 0 Å². The lowest BCUT2D eigenvalue weighted by Crippen LogP contribution is -2.36. The molecular weight excluding hydrogens is 564 g/mol. The zero-order valence-corrected chi connectivity index (χ0v) is 25.9. The monoisotopic (exact) mass is 606 g/mol. The van der Waals surface area contributed by atoms with Crippen molar-refractivity contribution >= 4 is 34.7 Å². The summed E-state index contributed by atoms with van der Waals surface area (Å²) in [4.78, 5) is 19.7. The van der Waals surface area contributed by atoms with Crippen LogP contribution in [0.5, 0.6) is 5.75 Å². The van der Waals surface area contributed by atoms with Crippen molar-refractivity contribution in [2.45, 2.75) is 64.6 Å². The number of benzene rings is 3. The third-order valence-corrected chi connectivity index (χ3v) is 8.00. The van der Waals surface area contributed by atoms with E-state index in [4.69, 9.17) is 37.0 Å². The Kier molecular flexibility index (Phi) is 11.9. The van der Waals surface area contributed by atoms with Crippen LogP contribution < -0.4 is 20.9 Å². The molecule has 0 amide bonds. The first-order valence-electron chi connectivity index (χ1n) is 15.0. The maximum Gasteiger partial charge on any atom is 0.290 e. The highest BCUT2D eigenvalue weighted by atomic mass is 35.5. The summed E-state index contributed by atoms with van der Waals surface area (Å²) < 4.78 is 6.06. The second-order valence-electron chi connectivity index (χ2n) is 10.6. The smallest absolute Gasteiger partial charge is 0.290 e. The van der Waals surface area contributed by atoms with Gasteiger partial charge >= 0.3 is 0 Å². The van der Waals surface area contributed by atoms with E-state index in [0.29, 0.717) is 12.6 Å². The summed E-state index contributed by atoms with van der Waals surface area (Å²) in [5.41, 5.74) is 7.40. The van der Waals surface area contributed by atoms with Crippen molar-refractivity contribution in [2.75, 3.05) is 24.6 Å². The highest BCUT2D eigenvalue weighted by Crippen LogP contribution is 2.41. The van der Waals surface area contributed by atoms with Crippen LogP contribution in [0.4, 0.5) is 5.69 Å². The van der Waals surface area contributed by atoms with Crippen LogP contribution in [0.1, 0.15) is 61.5 Å². The van der Waals surface area contributed by atoms with Crippen molar-refractivity contribution in [3.8, 4) is 5.75 Å². The summed E-state index contributed by atoms with van der Waals surface area (Å²) in [5, 5.41) is 12.3. The number of fused-ring (bicyclic) bond motifs is 3. The highest BCUT2D eigenvalue weighted by Gasteiger charge is 2.32. The quantitative estimate of drug-likeness (QED) is 0.116. The van der Waals surface area contributed by atoms with Crippen LogP contribution in [-0.4, -0.2) is 48.4 Å². The summed E-state index contributed by atoms with van der Waals surface area (Å²) >= 11 is 6.38. The molecule has 1 aromatic heterocycles. The molecule has 0 bridgehead atoms. The van der Waals surface area contributed by atoms with Crippen LogP contribution in [0.3, 0.4) is 0 Å². The van der Waals surface area contributed by atoms with Gasteiger partial charge in [0, 0.05) is 52.9 Å². The maximum absolute atomic E-state index is 8.36. The molecule has 6 rings (SSSR count). The van der Waals surface area contributed by atoms with E-state index in [2.05, 4.69) is 82.8 Å². The highest BCUT2D eigenvalue weighted by molar-refractivity contribution is 6.31. The third-order valence-electron chi connectivity index (χ3n) is 7.76. The van der Waals surface area contributed by atoms with Gasteiger partial charge in [-0.25, -0.2) is 5.90 Å². The van der Waals surface area contributed by atoms with Crippen LogP contribution in [0.15, 0.2) is 66.7 Å². The second-order valence-corrected chi connectivity index (χ2v) is 11.1. The van der Waals surface area contributed by atoms with E-state index < -0.39 is 0 Å². The standard InChI is InChI=1S/C31H35ClN4O2.C2H6.CH2O2/c1-20-2-9-24(10-3-20)36-16-14-27-28-18-22(32)6-13-29(28)35-30(27)31(36)21-4-11-25(12-5-21)37-17-15-26(38-33)19-34-23-7-8-23;1-2;2-1-3/h2-6,9-13,18,23,26,31,34-35H,7-8,14-17,19,33H2,1H3;1-2H3;1H,(H,2,3). The van der Waals surface area contributed by atoms with E-state index in [1.807, 2.05) is 19.9 Å². The van der Waals surface area contributed by atoms with Crippen LogP contribution in [0.25, 0.3) is 10.9 Å². The minimum Gasteiger partial charge on any atom is -0.493 e. The van der Waals surface area contributed by atoms with Crippen molar-refractivity contribution < 1.29 is 19.5 Å². The second kappa shape index (κ2) is 15.8. The van der Waals surface area contributed by atoms with Crippen LogP contribution in [0, 0.1) is 6.92 Å². The third kappa shape index (κ3) is 8.30. The zero-order chi connectivity index (χ0) is 30.8. The molecule has 2 unspecified atom stereocenters. The summed E-state index contributed by atoms with van der Waals surface area (Å²) in [6, 6.07) is 24.1. The van der Waals surface area contributed by atoms with Gasteiger partial charge in [0.15, 0.2) is 0 Å². The predicted molar refractivity (Wildman–Crippen MR) is 174 cm³/mol. The van der Waals surface area contributed by atoms with Gasteiger partial charge < -0.3 is 25.0 Å². The van der Waals surface area contributed by atoms with Crippen LogP contribution in [-0.2, 0) is 16.1 Å². The topological polar surface area (TPSA) is 113 Å². The molecule has 3 aromatic carbocycles. The van der Waals surface area contributed by atoms with E-state index in [1.165, 1.54) is 46.3 Å². The van der Waals surface area contributed by atoms with Gasteiger partial charge in [0.1, 0.15) is 5.75 Å². The van der Waals surface area contributed by atoms with Crippen LogP contribution >= 0.6 is 11.6 Å². The number of hydrogen-bond acceptors (Lipinski definition) is 6. The first kappa shape index (κ1) is 32.4. The number of H-pyrrole nitrogens is 1. The van der Waals surface area contributed by atoms with E-state index in [1.54, 1.807) is 0 Å². The minimum atomic E-state index is -0.250. The number of nitrogens with one attached hydrogen (secondary N) is 2. The number of aromatic nitrogens is 1. The van der Waals surface area contributed by atoms with Gasteiger partial charge in [0.2, 0.25) is 0 Å². The SMILES string of the molecule is CC.Cc1ccc(N2CCc3c([nH]c4ccc(Cl)cc34)C2c2ccc(OCCC(CNC3CC3)ON)cc2)cc1.O=CO. The normalized spacial score (nSPS) is 16.3. The van der Waals surface area contributed by atoms with E-state index in [0.717, 1.165) is 42.2 Å². The van der Waals surface area contributed by atoms with Gasteiger partial charge in [0.25, 0.3) is 6.47 Å². The van der Waals surface area contributed by atoms with E-state index in [-0.39, 0.29) is 18.6 Å². The lowest BCUT2D eigenvalue weighted by molar-refractivity contribution is -0.122. The summed E-state index contributed by atoms with van der Waals surface area (Å²) in [6.07, 6.45) is 4.14. The van der Waals surface area contributed by atoms with Gasteiger partial charge in [-0.1, -0.05) is 55.3 Å². The van der Waals surface area contributed by atoms with E-state index >= 15 is 0 Å². The Morgan fingerprint density at radius 1 is 1.12 bits per heavy atom. The molecule has 2 atom stereocenters. The Morgan fingerprint density at radius 3 is 2.47 bits per heavy atom. The molecule has 9 heteroatoms. The summed E-state index contributed by atoms with van der Waals surface area (Å²) in [6.45, 7) is 8.12. The summed E-state index contributed by atoms with van der Waals surface area (Å²) in [7, 11) is 0. The molecule has 0 spiro atoms. The molecular formula is C34H43ClN4O4. The van der Waals surface area contributed by atoms with Crippen molar-refractivity contribution in [2.24, 2.45) is 5.90 Å². The average molecular weight is 607 g/mol. The summed E-state index contributed by atoms with van der Waals surface area (Å²) in [5.74, 6) is 6.34. The zero-order valence-electron chi connectivity index (χ0n) is 25.2. The molecule has 0 saturated heterocycles. The molecule has 1 fully saturated rings. The fourth-order valence-electron chi connectivity index (χ4n) is 5.48. The Labute approximate surface area is 259 Å². The van der Waals surface area contributed by atoms with Gasteiger partial charge in [-0.05, 0) is 79.8 Å². The number of carbonyl (C=O) groups is 1. The Balaban J connectivity index is 0.000000798. The molecule has 2 aliphatic rings. The predicted octanol–water partition coefficient (Wildman–Crippen LogP) is 6.79. The molecule has 230 valence electrons. The maximum atomic E-state index is 8.36. The first-order chi connectivity index (χ1) is 21.0. The Morgan fingerprint density at radius 2 is 1.81 bits per heavy atom. The molecule has 1 aliphatic carbocycles. The van der Waals surface area contributed by atoms with Crippen molar-refractivity contribution in [1.29, 1.82) is 0 Å². The lowest BCUT2D eigenvalue weighted by Gasteiger charge is -2.38. The Hall–Kier alpha value is -3.56. The van der Waals surface area contributed by atoms with Crippen molar-refractivity contribution in [3.05, 3.63) is 94.1 Å². The largest absolute Gasteiger partial charge is 0.493 e. The number of rotatable bonds is 10. The number of ether oxygens (including phenoxy) is 1. The molecule has 8 nitrogen and oxygen atoms in total. The molecule has 2 heterocycles. The molecule has 43 heavy (non-hydrogen) atoms. The first-order valence-corrected chi connectivity index (χ1v) is 15.4. The molecule has 1 aliphatic heterocycles. The Bertz CT molecular complexity index is 1440. The molecule has 4 aromatic rings.